The van der Waals surface area contributed by atoms with Gasteiger partial charge in [-0.25, -0.2) is 0 Å². The molecule has 0 radical (unpaired) electrons. The smallest absolute Gasteiger partial charge is 0.303 e. The Morgan fingerprint density at radius 2 is 2.12 bits per heavy atom. The molecule has 0 spiro atoms. The third kappa shape index (κ3) is 6.27. The molecule has 1 saturated heterocycles. The fraction of sp³-hybridized carbons (Fsp3) is 0.800. The van der Waals surface area contributed by atoms with Crippen molar-refractivity contribution < 1.29 is 14.7 Å². The van der Waals surface area contributed by atoms with Crippen molar-refractivity contribution in [2.45, 2.75) is 24.5 Å². The molecule has 16 heavy (non-hydrogen) atoms. The van der Waals surface area contributed by atoms with Crippen LogP contribution in [0.2, 0.25) is 0 Å². The van der Waals surface area contributed by atoms with Crippen LogP contribution < -0.4 is 5.32 Å². The standard InChI is InChI=1S/C10H17NO3S2/c12-9(2-1-3-10(13)14)11-6-8-7-15-4-5-16-8/h8H,1-7H2,(H,11,12)(H,13,14). The monoisotopic (exact) mass is 263 g/mol. The zero-order valence-electron chi connectivity index (χ0n) is 9.11. The van der Waals surface area contributed by atoms with Gasteiger partial charge in [-0.2, -0.15) is 23.5 Å². The van der Waals surface area contributed by atoms with Gasteiger partial charge in [-0.05, 0) is 6.42 Å². The lowest BCUT2D eigenvalue weighted by Crippen LogP contribution is -2.33. The van der Waals surface area contributed by atoms with Crippen LogP contribution in [0.5, 0.6) is 0 Å². The molecule has 1 heterocycles. The maximum Gasteiger partial charge on any atom is 0.303 e. The number of carbonyl (C=O) groups is 2. The molecule has 4 nitrogen and oxygen atoms in total. The number of hydrogen-bond donors (Lipinski definition) is 2. The summed E-state index contributed by atoms with van der Waals surface area (Å²) in [4.78, 5) is 21.6. The van der Waals surface area contributed by atoms with Crippen LogP contribution >= 0.6 is 23.5 Å². The Kier molecular flexibility index (Phi) is 6.71. The van der Waals surface area contributed by atoms with Crippen LogP contribution in [0.3, 0.4) is 0 Å². The second kappa shape index (κ2) is 7.84. The molecule has 0 aromatic carbocycles. The summed E-state index contributed by atoms with van der Waals surface area (Å²) >= 11 is 3.83. The largest absolute Gasteiger partial charge is 0.481 e. The van der Waals surface area contributed by atoms with E-state index in [0.29, 0.717) is 24.6 Å². The lowest BCUT2D eigenvalue weighted by molar-refractivity contribution is -0.137. The van der Waals surface area contributed by atoms with E-state index in [0.717, 1.165) is 11.5 Å². The molecule has 0 aromatic rings. The number of carboxylic acids is 1. The summed E-state index contributed by atoms with van der Waals surface area (Å²) < 4.78 is 0. The first kappa shape index (κ1) is 13.7. The second-order valence-corrected chi connectivity index (χ2v) is 6.18. The Hall–Kier alpha value is -0.360. The van der Waals surface area contributed by atoms with Crippen LogP contribution in [-0.2, 0) is 9.59 Å². The minimum absolute atomic E-state index is 0.0302. The molecular formula is C10H17NO3S2. The minimum atomic E-state index is -0.841. The van der Waals surface area contributed by atoms with E-state index in [1.54, 1.807) is 0 Å². The van der Waals surface area contributed by atoms with Gasteiger partial charge in [0.15, 0.2) is 0 Å². The van der Waals surface area contributed by atoms with Gasteiger partial charge in [0.1, 0.15) is 0 Å². The van der Waals surface area contributed by atoms with Crippen molar-refractivity contribution >= 4 is 35.4 Å². The summed E-state index contributed by atoms with van der Waals surface area (Å²) in [6.45, 7) is 0.712. The molecule has 1 atom stereocenters. The van der Waals surface area contributed by atoms with Crippen molar-refractivity contribution in [3.05, 3.63) is 0 Å². The predicted molar refractivity (Wildman–Crippen MR) is 68.1 cm³/mol. The van der Waals surface area contributed by atoms with Crippen LogP contribution in [0.1, 0.15) is 19.3 Å². The Bertz CT molecular complexity index is 242. The van der Waals surface area contributed by atoms with Gasteiger partial charge in [-0.3, -0.25) is 9.59 Å². The average Bonchev–Trinajstić information content (AvgIpc) is 2.27. The lowest BCUT2D eigenvalue weighted by atomic mass is 10.2. The Labute approximate surface area is 104 Å². The van der Waals surface area contributed by atoms with Crippen molar-refractivity contribution in [1.29, 1.82) is 0 Å². The second-order valence-electron chi connectivity index (χ2n) is 3.62. The molecule has 1 aliphatic heterocycles. The molecular weight excluding hydrogens is 246 g/mol. The number of carboxylic acid groups (broad SMARTS) is 1. The van der Waals surface area contributed by atoms with Gasteiger partial charge < -0.3 is 10.4 Å². The van der Waals surface area contributed by atoms with Gasteiger partial charge in [-0.1, -0.05) is 0 Å². The Morgan fingerprint density at radius 3 is 2.75 bits per heavy atom. The van der Waals surface area contributed by atoms with Crippen LogP contribution in [-0.4, -0.2) is 46.0 Å². The first-order chi connectivity index (χ1) is 7.68. The van der Waals surface area contributed by atoms with Crippen LogP contribution in [0, 0.1) is 0 Å². The molecule has 0 bridgehead atoms. The van der Waals surface area contributed by atoms with Crippen molar-refractivity contribution in [1.82, 2.24) is 5.32 Å². The van der Waals surface area contributed by atoms with E-state index in [1.807, 2.05) is 23.5 Å². The fourth-order valence-corrected chi connectivity index (χ4v) is 3.98. The molecule has 2 N–H and O–H groups in total. The van der Waals surface area contributed by atoms with Crippen molar-refractivity contribution in [2.24, 2.45) is 0 Å². The third-order valence-corrected chi connectivity index (χ3v) is 5.05. The predicted octanol–water partition coefficient (Wildman–Crippen LogP) is 1.21. The topological polar surface area (TPSA) is 66.4 Å². The molecule has 1 unspecified atom stereocenters. The zero-order valence-corrected chi connectivity index (χ0v) is 10.7. The summed E-state index contributed by atoms with van der Waals surface area (Å²) in [6, 6.07) is 0. The van der Waals surface area contributed by atoms with Crippen LogP contribution in [0.25, 0.3) is 0 Å². The van der Waals surface area contributed by atoms with Crippen LogP contribution in [0.15, 0.2) is 0 Å². The number of rotatable bonds is 6. The van der Waals surface area contributed by atoms with Gasteiger partial charge in [0.2, 0.25) is 5.91 Å². The maximum absolute atomic E-state index is 11.3. The fourth-order valence-electron chi connectivity index (χ4n) is 1.37. The van der Waals surface area contributed by atoms with E-state index in [2.05, 4.69) is 5.32 Å². The number of thioether (sulfide) groups is 2. The van der Waals surface area contributed by atoms with Gasteiger partial charge in [0.05, 0.1) is 0 Å². The summed E-state index contributed by atoms with van der Waals surface area (Å²) in [5.74, 6) is 2.59. The maximum atomic E-state index is 11.3. The first-order valence-corrected chi connectivity index (χ1v) is 7.56. The number of carbonyl (C=O) groups excluding carboxylic acids is 1. The van der Waals surface area contributed by atoms with Crippen molar-refractivity contribution in [3.63, 3.8) is 0 Å². The highest BCUT2D eigenvalue weighted by Crippen LogP contribution is 2.23. The molecule has 1 amide bonds. The summed E-state index contributed by atoms with van der Waals surface area (Å²) in [6.07, 6.45) is 0.812. The highest BCUT2D eigenvalue weighted by atomic mass is 32.2. The molecule has 0 aromatic heterocycles. The van der Waals surface area contributed by atoms with Crippen molar-refractivity contribution in [3.8, 4) is 0 Å². The quantitative estimate of drug-likeness (QED) is 0.754. The first-order valence-electron chi connectivity index (χ1n) is 5.36. The Morgan fingerprint density at radius 1 is 1.31 bits per heavy atom. The molecule has 1 aliphatic rings. The molecule has 0 aliphatic carbocycles. The molecule has 1 rings (SSSR count). The lowest BCUT2D eigenvalue weighted by Gasteiger charge is -2.21. The number of aliphatic carboxylic acids is 1. The summed E-state index contributed by atoms with van der Waals surface area (Å²) in [7, 11) is 0. The van der Waals surface area contributed by atoms with Gasteiger partial charge in [-0.15, -0.1) is 0 Å². The van der Waals surface area contributed by atoms with E-state index in [-0.39, 0.29) is 12.3 Å². The van der Waals surface area contributed by atoms with E-state index < -0.39 is 5.97 Å². The summed E-state index contributed by atoms with van der Waals surface area (Å²) in [5.41, 5.74) is 0. The van der Waals surface area contributed by atoms with Crippen LogP contribution in [0.4, 0.5) is 0 Å². The number of hydrogen-bond acceptors (Lipinski definition) is 4. The molecule has 1 fully saturated rings. The molecule has 0 saturated carbocycles. The minimum Gasteiger partial charge on any atom is -0.481 e. The van der Waals surface area contributed by atoms with Gasteiger partial charge in [0.25, 0.3) is 0 Å². The normalized spacial score (nSPS) is 20.4. The van der Waals surface area contributed by atoms with E-state index in [9.17, 15) is 9.59 Å². The van der Waals surface area contributed by atoms with Gasteiger partial charge in [0, 0.05) is 41.9 Å². The highest BCUT2D eigenvalue weighted by molar-refractivity contribution is 8.06. The SMILES string of the molecule is O=C(O)CCCC(=O)NCC1CSCCS1. The number of amides is 1. The molecule has 92 valence electrons. The van der Waals surface area contributed by atoms with E-state index in [1.165, 1.54) is 5.75 Å². The highest BCUT2D eigenvalue weighted by Gasteiger charge is 2.14. The Balaban J connectivity index is 2.02. The number of nitrogens with one attached hydrogen (secondary N) is 1. The third-order valence-electron chi connectivity index (χ3n) is 2.21. The summed E-state index contributed by atoms with van der Waals surface area (Å²) in [5, 5.41) is 11.8. The average molecular weight is 263 g/mol. The van der Waals surface area contributed by atoms with Crippen molar-refractivity contribution in [2.75, 3.05) is 23.8 Å². The van der Waals surface area contributed by atoms with E-state index >= 15 is 0 Å². The molecule has 6 heteroatoms. The zero-order chi connectivity index (χ0) is 11.8. The van der Waals surface area contributed by atoms with E-state index in [4.69, 9.17) is 5.11 Å². The van der Waals surface area contributed by atoms with Gasteiger partial charge >= 0.3 is 5.97 Å².